The van der Waals surface area contributed by atoms with Crippen molar-refractivity contribution in [3.05, 3.63) is 39.8 Å². The van der Waals surface area contributed by atoms with Crippen molar-refractivity contribution in [1.29, 1.82) is 0 Å². The molecule has 0 saturated heterocycles. The summed E-state index contributed by atoms with van der Waals surface area (Å²) in [6.07, 6.45) is 6.37. The minimum absolute atomic E-state index is 0.0432. The number of benzene rings is 1. The number of hydrogen-bond donors (Lipinski definition) is 2. The summed E-state index contributed by atoms with van der Waals surface area (Å²) in [6, 6.07) is 6.19. The summed E-state index contributed by atoms with van der Waals surface area (Å²) in [5, 5.41) is 4.70. The molecule has 152 valence electrons. The molecule has 3 aromatic rings. The summed E-state index contributed by atoms with van der Waals surface area (Å²) < 4.78 is 0. The van der Waals surface area contributed by atoms with Gasteiger partial charge in [0.15, 0.2) is 5.16 Å². The number of fused-ring (bicyclic) bond motifs is 3. The highest BCUT2D eigenvalue weighted by Crippen LogP contribution is 2.38. The topological polar surface area (TPSA) is 80.9 Å². The normalized spacial score (nSPS) is 13.4. The number of carbonyl (C=O) groups is 1. The number of aryl methyl sites for hydroxylation is 4. The number of carbonyl (C=O) groups excluding carboxylic acids is 1. The van der Waals surface area contributed by atoms with Crippen LogP contribution >= 0.6 is 23.1 Å². The van der Waals surface area contributed by atoms with E-state index in [4.69, 9.17) is 10.7 Å². The standard InChI is InChI=1S/C22H26N4OS2/c1-3-13-8-7-9-14(4-2)19(13)24-17(27)12-28-22-25-20(23)18-15-10-5-6-11-16(15)29-21(18)26-22/h7-9H,3-6,10-12H2,1-2H3,(H,24,27)(H2,23,25,26). The monoisotopic (exact) mass is 426 g/mol. The van der Waals surface area contributed by atoms with Crippen molar-refractivity contribution in [1.82, 2.24) is 9.97 Å². The molecule has 7 heteroatoms. The van der Waals surface area contributed by atoms with Crippen molar-refractivity contribution in [2.45, 2.75) is 57.5 Å². The van der Waals surface area contributed by atoms with Gasteiger partial charge in [-0.15, -0.1) is 11.3 Å². The van der Waals surface area contributed by atoms with Gasteiger partial charge >= 0.3 is 0 Å². The predicted molar refractivity (Wildman–Crippen MR) is 123 cm³/mol. The Morgan fingerprint density at radius 2 is 1.90 bits per heavy atom. The van der Waals surface area contributed by atoms with Gasteiger partial charge in [-0.3, -0.25) is 4.79 Å². The molecule has 0 aliphatic heterocycles. The third-order valence-corrected chi connectivity index (χ3v) is 7.45. The molecule has 0 saturated carbocycles. The molecule has 0 bridgehead atoms. The number of nitrogens with two attached hydrogens (primary N) is 1. The number of rotatable bonds is 6. The Balaban J connectivity index is 1.49. The van der Waals surface area contributed by atoms with Crippen molar-refractivity contribution in [2.75, 3.05) is 16.8 Å². The second-order valence-electron chi connectivity index (χ2n) is 7.28. The molecule has 2 aromatic heterocycles. The highest BCUT2D eigenvalue weighted by atomic mass is 32.2. The van der Waals surface area contributed by atoms with Gasteiger partial charge in [-0.05, 0) is 55.2 Å². The Morgan fingerprint density at radius 1 is 1.17 bits per heavy atom. The zero-order valence-electron chi connectivity index (χ0n) is 16.9. The van der Waals surface area contributed by atoms with Gasteiger partial charge in [0.2, 0.25) is 5.91 Å². The van der Waals surface area contributed by atoms with Gasteiger partial charge in [-0.2, -0.15) is 0 Å². The van der Waals surface area contributed by atoms with Crippen LogP contribution in [0.4, 0.5) is 11.5 Å². The molecule has 1 aromatic carbocycles. The molecule has 0 radical (unpaired) electrons. The van der Waals surface area contributed by atoms with Crippen LogP contribution in [0.5, 0.6) is 0 Å². The maximum Gasteiger partial charge on any atom is 0.234 e. The van der Waals surface area contributed by atoms with E-state index in [2.05, 4.69) is 42.3 Å². The number of nitrogen functional groups attached to an aromatic ring is 1. The van der Waals surface area contributed by atoms with Crippen LogP contribution in [0.2, 0.25) is 0 Å². The number of aromatic nitrogens is 2. The third-order valence-electron chi connectivity index (χ3n) is 5.42. The van der Waals surface area contributed by atoms with Gasteiger partial charge in [0, 0.05) is 10.6 Å². The largest absolute Gasteiger partial charge is 0.383 e. The van der Waals surface area contributed by atoms with Crippen LogP contribution in [0, 0.1) is 0 Å². The molecule has 0 fully saturated rings. The summed E-state index contributed by atoms with van der Waals surface area (Å²) >= 11 is 3.07. The van der Waals surface area contributed by atoms with Crippen molar-refractivity contribution in [3.63, 3.8) is 0 Å². The first-order valence-corrected chi connectivity index (χ1v) is 12.0. The van der Waals surface area contributed by atoms with E-state index in [9.17, 15) is 4.79 Å². The molecule has 1 amide bonds. The highest BCUT2D eigenvalue weighted by Gasteiger charge is 2.20. The van der Waals surface area contributed by atoms with Crippen LogP contribution < -0.4 is 11.1 Å². The van der Waals surface area contributed by atoms with Crippen LogP contribution in [-0.2, 0) is 30.5 Å². The quantitative estimate of drug-likeness (QED) is 0.428. The summed E-state index contributed by atoms with van der Waals surface area (Å²) in [4.78, 5) is 24.1. The smallest absolute Gasteiger partial charge is 0.234 e. The van der Waals surface area contributed by atoms with E-state index in [0.717, 1.165) is 52.7 Å². The molecular formula is C22H26N4OS2. The molecule has 0 atom stereocenters. The van der Waals surface area contributed by atoms with Gasteiger partial charge in [-0.1, -0.05) is 43.8 Å². The third kappa shape index (κ3) is 4.12. The van der Waals surface area contributed by atoms with Crippen LogP contribution in [0.25, 0.3) is 10.2 Å². The Labute approximate surface area is 179 Å². The number of hydrogen-bond acceptors (Lipinski definition) is 6. The van der Waals surface area contributed by atoms with Crippen LogP contribution in [0.1, 0.15) is 48.3 Å². The zero-order valence-corrected chi connectivity index (χ0v) is 18.5. The lowest BCUT2D eigenvalue weighted by atomic mass is 9.97. The number of nitrogens with zero attached hydrogens (tertiary/aromatic N) is 2. The summed E-state index contributed by atoms with van der Waals surface area (Å²) in [5.74, 6) is 0.761. The first-order valence-electron chi connectivity index (χ1n) is 10.2. The van der Waals surface area contributed by atoms with Crippen LogP contribution in [-0.4, -0.2) is 21.6 Å². The number of anilines is 2. The van der Waals surface area contributed by atoms with Gasteiger partial charge in [-0.25, -0.2) is 9.97 Å². The van der Waals surface area contributed by atoms with Crippen molar-refractivity contribution in [3.8, 4) is 0 Å². The second-order valence-corrected chi connectivity index (χ2v) is 9.30. The first-order chi connectivity index (χ1) is 14.1. The van der Waals surface area contributed by atoms with Gasteiger partial charge in [0.25, 0.3) is 0 Å². The summed E-state index contributed by atoms with van der Waals surface area (Å²) in [5.41, 5.74) is 10.9. The van der Waals surface area contributed by atoms with E-state index in [1.807, 2.05) is 0 Å². The fourth-order valence-electron chi connectivity index (χ4n) is 3.94. The second kappa shape index (κ2) is 8.71. The lowest BCUT2D eigenvalue weighted by Gasteiger charge is -2.14. The van der Waals surface area contributed by atoms with Gasteiger partial charge < -0.3 is 11.1 Å². The number of nitrogens with one attached hydrogen (secondary N) is 1. The molecule has 1 aliphatic rings. The maximum atomic E-state index is 12.6. The summed E-state index contributed by atoms with van der Waals surface area (Å²) in [6.45, 7) is 4.21. The van der Waals surface area contributed by atoms with E-state index < -0.39 is 0 Å². The van der Waals surface area contributed by atoms with E-state index in [-0.39, 0.29) is 11.7 Å². The molecule has 4 rings (SSSR count). The first kappa shape index (κ1) is 20.2. The van der Waals surface area contributed by atoms with E-state index in [0.29, 0.717) is 11.0 Å². The average Bonchev–Trinajstić information content (AvgIpc) is 3.11. The van der Waals surface area contributed by atoms with E-state index >= 15 is 0 Å². The maximum absolute atomic E-state index is 12.6. The molecule has 5 nitrogen and oxygen atoms in total. The molecule has 3 N–H and O–H groups in total. The minimum Gasteiger partial charge on any atom is -0.383 e. The Morgan fingerprint density at radius 3 is 2.62 bits per heavy atom. The van der Waals surface area contributed by atoms with Gasteiger partial charge in [0.1, 0.15) is 10.6 Å². The highest BCUT2D eigenvalue weighted by molar-refractivity contribution is 7.99. The molecule has 0 unspecified atom stereocenters. The van der Waals surface area contributed by atoms with E-state index in [1.54, 1.807) is 11.3 Å². The average molecular weight is 427 g/mol. The van der Waals surface area contributed by atoms with Crippen molar-refractivity contribution < 1.29 is 4.79 Å². The molecule has 1 aliphatic carbocycles. The number of thiophene rings is 1. The fourth-order valence-corrected chi connectivity index (χ4v) is 5.92. The molecular weight excluding hydrogens is 400 g/mol. The SMILES string of the molecule is CCc1cccc(CC)c1NC(=O)CSc1nc(N)c2c3c(sc2n1)CCCC3. The predicted octanol–water partition coefficient (Wildman–Crippen LogP) is 5.01. The zero-order chi connectivity index (χ0) is 20.4. The number of amides is 1. The Hall–Kier alpha value is -2.12. The molecule has 2 heterocycles. The Bertz CT molecular complexity index is 1040. The fraction of sp³-hybridized carbons (Fsp3) is 0.409. The summed E-state index contributed by atoms with van der Waals surface area (Å²) in [7, 11) is 0. The minimum atomic E-state index is -0.0432. The van der Waals surface area contributed by atoms with E-state index in [1.165, 1.54) is 35.0 Å². The lowest BCUT2D eigenvalue weighted by molar-refractivity contribution is -0.113. The lowest BCUT2D eigenvalue weighted by Crippen LogP contribution is -2.17. The number of para-hydroxylation sites is 1. The molecule has 0 spiro atoms. The van der Waals surface area contributed by atoms with Crippen LogP contribution in [0.3, 0.4) is 0 Å². The van der Waals surface area contributed by atoms with Gasteiger partial charge in [0.05, 0.1) is 11.1 Å². The van der Waals surface area contributed by atoms with Crippen LogP contribution in [0.15, 0.2) is 23.4 Å². The van der Waals surface area contributed by atoms with Crippen molar-refractivity contribution in [2.24, 2.45) is 0 Å². The number of thioether (sulfide) groups is 1. The van der Waals surface area contributed by atoms with Crippen molar-refractivity contribution >= 4 is 50.7 Å². The molecule has 29 heavy (non-hydrogen) atoms. The Kier molecular flexibility index (Phi) is 6.06.